The maximum Gasteiger partial charge on any atom is 0.407 e. The molecular weight excluding hydrogens is 742 g/mol. The zero-order chi connectivity index (χ0) is 30.0. The van der Waals surface area contributed by atoms with Crippen molar-refractivity contribution in [3.8, 4) is 11.1 Å². The van der Waals surface area contributed by atoms with Gasteiger partial charge in [-0.05, 0) is 54.2 Å². The van der Waals surface area contributed by atoms with Crippen LogP contribution in [0.1, 0.15) is 41.9 Å². The van der Waals surface area contributed by atoms with Crippen LogP contribution in [0.4, 0.5) is 4.79 Å². The molecule has 0 spiro atoms. The van der Waals surface area contributed by atoms with Gasteiger partial charge in [-0.1, -0.05) is 114 Å². The second kappa shape index (κ2) is 15.3. The van der Waals surface area contributed by atoms with Gasteiger partial charge in [0.2, 0.25) is 0 Å². The van der Waals surface area contributed by atoms with Crippen molar-refractivity contribution in [2.45, 2.75) is 39.1 Å². The molecule has 41 heavy (non-hydrogen) atoms. The highest BCUT2D eigenvalue weighted by molar-refractivity contribution is 9.39. The monoisotopic (exact) mass is 771 g/mol. The molecule has 0 radical (unpaired) electrons. The number of hydrogen-bond donors (Lipinski definition) is 1. The third kappa shape index (κ3) is 10.9. The van der Waals surface area contributed by atoms with Gasteiger partial charge in [0.05, 0.1) is 4.90 Å². The van der Waals surface area contributed by atoms with Crippen LogP contribution in [-0.4, -0.2) is 48.6 Å². The first kappa shape index (κ1) is 33.3. The molecule has 0 aliphatic heterocycles. The average molecular weight is 774 g/mol. The molecule has 1 N–H and O–H groups in total. The first-order valence-corrected chi connectivity index (χ1v) is 17.2. The number of rotatable bonds is 9. The summed E-state index contributed by atoms with van der Waals surface area (Å²) in [6, 6.07) is 23.3. The second-order valence-electron chi connectivity index (χ2n) is 9.57. The van der Waals surface area contributed by atoms with Crippen LogP contribution < -0.4 is 5.32 Å². The van der Waals surface area contributed by atoms with Crippen molar-refractivity contribution in [2.24, 2.45) is 0 Å². The SMILES string of the molecule is Cc1ccc(S(C)(=O)=O)cc1.O=C(CCCCNC(=O)OCC1c2ccccc2-c2ccccc21)OCC(Br)(Br)Br. The second-order valence-corrected chi connectivity index (χ2v) is 18.8. The highest BCUT2D eigenvalue weighted by atomic mass is 80.0. The average Bonchev–Trinajstić information content (AvgIpc) is 3.24. The minimum atomic E-state index is -3.02. The molecule has 220 valence electrons. The van der Waals surface area contributed by atoms with E-state index in [1.807, 2.05) is 31.2 Å². The summed E-state index contributed by atoms with van der Waals surface area (Å²) in [6.45, 7) is 2.83. The van der Waals surface area contributed by atoms with Gasteiger partial charge in [-0.25, -0.2) is 13.2 Å². The Morgan fingerprint density at radius 3 is 1.95 bits per heavy atom. The smallest absolute Gasteiger partial charge is 0.407 e. The number of amides is 1. The van der Waals surface area contributed by atoms with Crippen molar-refractivity contribution in [1.29, 1.82) is 0 Å². The first-order valence-electron chi connectivity index (χ1n) is 12.9. The quantitative estimate of drug-likeness (QED) is 0.138. The van der Waals surface area contributed by atoms with Crippen LogP contribution in [0, 0.1) is 6.92 Å². The fraction of sp³-hybridized carbons (Fsp3) is 0.333. The fourth-order valence-electron chi connectivity index (χ4n) is 4.25. The maximum atomic E-state index is 12.1. The van der Waals surface area contributed by atoms with E-state index in [9.17, 15) is 18.0 Å². The van der Waals surface area contributed by atoms with E-state index < -0.39 is 18.1 Å². The number of alkyl carbamates (subject to hydrolysis) is 1. The van der Waals surface area contributed by atoms with Crippen molar-refractivity contribution < 1.29 is 27.5 Å². The van der Waals surface area contributed by atoms with Gasteiger partial charge in [0.25, 0.3) is 0 Å². The number of hydrogen-bond acceptors (Lipinski definition) is 6. The van der Waals surface area contributed by atoms with E-state index >= 15 is 0 Å². The molecule has 0 saturated heterocycles. The van der Waals surface area contributed by atoms with Gasteiger partial charge < -0.3 is 14.8 Å². The number of ether oxygens (including phenoxy) is 2. The molecule has 1 amide bonds. The predicted octanol–water partition coefficient (Wildman–Crippen LogP) is 7.48. The molecule has 11 heteroatoms. The van der Waals surface area contributed by atoms with E-state index in [1.165, 1.54) is 28.5 Å². The standard InChI is InChI=1S/C22H22Br3NO4.C8H10O2S/c23-22(24,25)14-30-20(27)11-5-6-12-26-21(28)29-13-19-17-9-3-1-7-15(17)16-8-2-4-10-18(16)19;1-7-3-5-8(6-4-7)11(2,9)10/h1-4,7-10,19H,5-6,11-14H2,(H,26,28);3-6H,1-2H3. The molecule has 0 heterocycles. The lowest BCUT2D eigenvalue weighted by atomic mass is 9.98. The molecule has 0 fully saturated rings. The molecular formula is C30H32Br3NO6S. The van der Waals surface area contributed by atoms with Gasteiger partial charge in [0, 0.05) is 25.1 Å². The summed E-state index contributed by atoms with van der Waals surface area (Å²) >= 11 is 9.80. The summed E-state index contributed by atoms with van der Waals surface area (Å²) in [7, 11) is -3.02. The first-order chi connectivity index (χ1) is 19.3. The Bertz CT molecular complexity index is 1390. The summed E-state index contributed by atoms with van der Waals surface area (Å²) < 4.78 is 31.9. The molecule has 1 aliphatic carbocycles. The van der Waals surface area contributed by atoms with E-state index in [-0.39, 0.29) is 18.5 Å². The maximum absolute atomic E-state index is 12.1. The summed E-state index contributed by atoms with van der Waals surface area (Å²) in [5.74, 6) is -0.234. The van der Waals surface area contributed by atoms with Crippen LogP contribution in [0.2, 0.25) is 0 Å². The fourth-order valence-corrected chi connectivity index (χ4v) is 5.23. The Hall–Kier alpha value is -2.21. The number of carbonyl (C=O) groups excluding carboxylic acids is 2. The summed E-state index contributed by atoms with van der Waals surface area (Å²) in [4.78, 5) is 24.1. The third-order valence-corrected chi connectivity index (χ3v) is 8.08. The lowest BCUT2D eigenvalue weighted by Crippen LogP contribution is -2.27. The molecule has 3 aromatic carbocycles. The van der Waals surface area contributed by atoms with Gasteiger partial charge in [-0.2, -0.15) is 0 Å². The van der Waals surface area contributed by atoms with E-state index in [4.69, 9.17) is 9.47 Å². The minimum absolute atomic E-state index is 0.0448. The number of sulfone groups is 1. The third-order valence-electron chi connectivity index (χ3n) is 6.27. The van der Waals surface area contributed by atoms with Gasteiger partial charge >= 0.3 is 12.1 Å². The number of esters is 1. The van der Waals surface area contributed by atoms with Crippen molar-refractivity contribution in [3.63, 3.8) is 0 Å². The van der Waals surface area contributed by atoms with E-state index in [0.717, 1.165) is 5.56 Å². The molecule has 0 bridgehead atoms. The number of alkyl halides is 3. The molecule has 0 saturated carbocycles. The Labute approximate surface area is 266 Å². The van der Waals surface area contributed by atoms with Crippen molar-refractivity contribution >= 4 is 69.7 Å². The molecule has 0 aromatic heterocycles. The van der Waals surface area contributed by atoms with Crippen LogP contribution in [-0.2, 0) is 24.1 Å². The lowest BCUT2D eigenvalue weighted by molar-refractivity contribution is -0.143. The topological polar surface area (TPSA) is 98.8 Å². The molecule has 3 aromatic rings. The lowest BCUT2D eigenvalue weighted by Gasteiger charge is -2.14. The number of carbonyl (C=O) groups is 2. The van der Waals surface area contributed by atoms with Gasteiger partial charge in [0.15, 0.2) is 12.0 Å². The number of fused-ring (bicyclic) bond motifs is 3. The van der Waals surface area contributed by atoms with E-state index in [0.29, 0.717) is 37.3 Å². The molecule has 1 aliphatic rings. The van der Waals surface area contributed by atoms with Crippen LogP contribution in [0.15, 0.2) is 77.7 Å². The van der Waals surface area contributed by atoms with Crippen molar-refractivity contribution in [1.82, 2.24) is 5.32 Å². The summed E-state index contributed by atoms with van der Waals surface area (Å²) in [5.41, 5.74) is 5.84. The van der Waals surface area contributed by atoms with Gasteiger partial charge in [-0.3, -0.25) is 4.79 Å². The Morgan fingerprint density at radius 1 is 0.854 bits per heavy atom. The number of aryl methyl sites for hydroxylation is 1. The Kier molecular flexibility index (Phi) is 12.4. The summed E-state index contributed by atoms with van der Waals surface area (Å²) in [5, 5.41) is 2.75. The minimum Gasteiger partial charge on any atom is -0.462 e. The van der Waals surface area contributed by atoms with Crippen LogP contribution in [0.3, 0.4) is 0 Å². The summed E-state index contributed by atoms with van der Waals surface area (Å²) in [6.07, 6.45) is 2.36. The van der Waals surface area contributed by atoms with Crippen LogP contribution >= 0.6 is 47.8 Å². The number of benzene rings is 3. The highest BCUT2D eigenvalue weighted by Crippen LogP contribution is 2.44. The Balaban J connectivity index is 0.000000352. The van der Waals surface area contributed by atoms with Crippen molar-refractivity contribution in [3.05, 3.63) is 89.5 Å². The molecule has 7 nitrogen and oxygen atoms in total. The predicted molar refractivity (Wildman–Crippen MR) is 172 cm³/mol. The van der Waals surface area contributed by atoms with E-state index in [2.05, 4.69) is 77.4 Å². The number of halogens is 3. The van der Waals surface area contributed by atoms with Gasteiger partial charge in [-0.15, -0.1) is 0 Å². The van der Waals surface area contributed by atoms with Gasteiger partial charge in [0.1, 0.15) is 13.2 Å². The van der Waals surface area contributed by atoms with Crippen molar-refractivity contribution in [2.75, 3.05) is 26.0 Å². The van der Waals surface area contributed by atoms with Crippen LogP contribution in [0.25, 0.3) is 11.1 Å². The molecule has 4 rings (SSSR count). The van der Waals surface area contributed by atoms with Crippen LogP contribution in [0.5, 0.6) is 0 Å². The zero-order valence-electron chi connectivity index (χ0n) is 22.7. The normalized spacial score (nSPS) is 12.4. The highest BCUT2D eigenvalue weighted by Gasteiger charge is 2.29. The number of unbranched alkanes of at least 4 members (excludes halogenated alkanes) is 1. The largest absolute Gasteiger partial charge is 0.462 e. The molecule has 0 atom stereocenters. The van der Waals surface area contributed by atoms with E-state index in [1.54, 1.807) is 24.3 Å². The Morgan fingerprint density at radius 2 is 1.41 bits per heavy atom. The number of nitrogens with one attached hydrogen (secondary N) is 1. The molecule has 0 unspecified atom stereocenters. The zero-order valence-corrected chi connectivity index (χ0v) is 28.3.